The molecule has 0 fully saturated rings. The van der Waals surface area contributed by atoms with Crippen molar-refractivity contribution in [3.8, 4) is 0 Å². The minimum Gasteiger partial charge on any atom is -0.481 e. The Bertz CT molecular complexity index is 164. The van der Waals surface area contributed by atoms with Gasteiger partial charge in [0, 0.05) is 12.3 Å². The summed E-state index contributed by atoms with van der Waals surface area (Å²) in [6.07, 6.45) is 3.48. The predicted molar refractivity (Wildman–Crippen MR) is 49.8 cm³/mol. The molecule has 3 nitrogen and oxygen atoms in total. The van der Waals surface area contributed by atoms with E-state index in [-0.39, 0.29) is 6.42 Å². The fourth-order valence-corrected chi connectivity index (χ4v) is 0.906. The topological polar surface area (TPSA) is 49.7 Å². The average molecular weight is 171 g/mol. The Morgan fingerprint density at radius 3 is 2.58 bits per heavy atom. The predicted octanol–water partition coefficient (Wildman–Crippen LogP) is 2.11. The molecule has 0 aliphatic carbocycles. The molecular weight excluding hydrogens is 154 g/mol. The third kappa shape index (κ3) is 7.25. The molecule has 0 amide bonds. The molecular formula is C9H17NO2. The molecule has 0 saturated heterocycles. The van der Waals surface area contributed by atoms with Crippen LogP contribution in [0.1, 0.15) is 39.5 Å². The molecule has 0 unspecified atom stereocenters. The van der Waals surface area contributed by atoms with Crippen LogP contribution in [0.3, 0.4) is 0 Å². The Balaban J connectivity index is 3.48. The van der Waals surface area contributed by atoms with Gasteiger partial charge in [-0.2, -0.15) is 0 Å². The zero-order valence-corrected chi connectivity index (χ0v) is 7.84. The van der Waals surface area contributed by atoms with E-state index < -0.39 is 5.97 Å². The lowest BCUT2D eigenvalue weighted by molar-refractivity contribution is -0.135. The molecule has 0 spiro atoms. The van der Waals surface area contributed by atoms with Crippen molar-refractivity contribution in [3.05, 3.63) is 0 Å². The van der Waals surface area contributed by atoms with Crippen LogP contribution in [-0.4, -0.2) is 23.3 Å². The van der Waals surface area contributed by atoms with Crippen molar-refractivity contribution in [3.63, 3.8) is 0 Å². The van der Waals surface area contributed by atoms with Crippen LogP contribution < -0.4 is 0 Å². The molecule has 0 aromatic heterocycles. The fraction of sp³-hybridized carbons (Fsp3) is 0.778. The zero-order valence-electron chi connectivity index (χ0n) is 7.84. The van der Waals surface area contributed by atoms with E-state index in [4.69, 9.17) is 5.11 Å². The Kier molecular flexibility index (Phi) is 6.34. The maximum atomic E-state index is 10.2. The highest BCUT2D eigenvalue weighted by Crippen LogP contribution is 1.95. The normalized spacial score (nSPS) is 11.7. The van der Waals surface area contributed by atoms with Crippen LogP contribution >= 0.6 is 0 Å². The van der Waals surface area contributed by atoms with E-state index in [9.17, 15) is 4.79 Å². The lowest BCUT2D eigenvalue weighted by Gasteiger charge is -1.96. The van der Waals surface area contributed by atoms with E-state index in [1.54, 1.807) is 6.92 Å². The molecule has 1 N–H and O–H groups in total. The fourth-order valence-electron chi connectivity index (χ4n) is 0.906. The second kappa shape index (κ2) is 6.83. The van der Waals surface area contributed by atoms with Crippen LogP contribution in [0, 0.1) is 0 Å². The van der Waals surface area contributed by atoms with Gasteiger partial charge in [-0.05, 0) is 13.3 Å². The van der Waals surface area contributed by atoms with Crippen molar-refractivity contribution < 1.29 is 9.90 Å². The number of nitrogens with zero attached hydrogens (tertiary/aromatic N) is 1. The first-order chi connectivity index (χ1) is 5.66. The third-order valence-electron chi connectivity index (χ3n) is 1.55. The van der Waals surface area contributed by atoms with Crippen LogP contribution in [0.4, 0.5) is 0 Å². The van der Waals surface area contributed by atoms with E-state index in [2.05, 4.69) is 11.9 Å². The van der Waals surface area contributed by atoms with Gasteiger partial charge >= 0.3 is 5.97 Å². The summed E-state index contributed by atoms with van der Waals surface area (Å²) < 4.78 is 0. The third-order valence-corrected chi connectivity index (χ3v) is 1.55. The summed E-state index contributed by atoms with van der Waals surface area (Å²) in [4.78, 5) is 14.4. The van der Waals surface area contributed by atoms with Crippen LogP contribution in [0.5, 0.6) is 0 Å². The summed E-state index contributed by atoms with van der Waals surface area (Å²) in [5, 5.41) is 8.41. The van der Waals surface area contributed by atoms with Crippen molar-refractivity contribution in [2.75, 3.05) is 6.54 Å². The zero-order chi connectivity index (χ0) is 9.40. The van der Waals surface area contributed by atoms with E-state index in [0.29, 0.717) is 0 Å². The highest BCUT2D eigenvalue weighted by Gasteiger charge is 1.98. The molecule has 70 valence electrons. The summed E-state index contributed by atoms with van der Waals surface area (Å²) in [5.74, 6) is -0.799. The number of hydrogen-bond donors (Lipinski definition) is 1. The van der Waals surface area contributed by atoms with Crippen LogP contribution in [-0.2, 0) is 4.79 Å². The standard InChI is InChI=1S/C9H17NO2/c1-3-4-5-6-10-8(2)7-9(11)12/h3-7H2,1-2H3,(H,11,12)/b10-8-. The van der Waals surface area contributed by atoms with E-state index in [1.165, 1.54) is 12.8 Å². The Hall–Kier alpha value is -0.860. The number of hydrogen-bond acceptors (Lipinski definition) is 2. The molecule has 0 rings (SSSR count). The number of carboxylic acid groups (broad SMARTS) is 1. The van der Waals surface area contributed by atoms with Crippen LogP contribution in [0.25, 0.3) is 0 Å². The number of rotatable bonds is 6. The van der Waals surface area contributed by atoms with Gasteiger partial charge in [-0.15, -0.1) is 0 Å². The van der Waals surface area contributed by atoms with E-state index in [0.717, 1.165) is 18.7 Å². The number of carboxylic acids is 1. The molecule has 0 saturated carbocycles. The second-order valence-corrected chi connectivity index (χ2v) is 2.89. The second-order valence-electron chi connectivity index (χ2n) is 2.89. The van der Waals surface area contributed by atoms with Crippen LogP contribution in [0.2, 0.25) is 0 Å². The maximum Gasteiger partial charge on any atom is 0.309 e. The Morgan fingerprint density at radius 1 is 1.42 bits per heavy atom. The van der Waals surface area contributed by atoms with Crippen LogP contribution in [0.15, 0.2) is 4.99 Å². The van der Waals surface area contributed by atoms with Crippen molar-refractivity contribution in [1.82, 2.24) is 0 Å². The quantitative estimate of drug-likeness (QED) is 0.491. The van der Waals surface area contributed by atoms with Crippen molar-refractivity contribution in [2.45, 2.75) is 39.5 Å². The highest BCUT2D eigenvalue weighted by atomic mass is 16.4. The SMILES string of the molecule is CCCCC/N=C(/C)CC(=O)O. The van der Waals surface area contributed by atoms with Gasteiger partial charge < -0.3 is 5.11 Å². The van der Waals surface area contributed by atoms with E-state index >= 15 is 0 Å². The number of aliphatic carboxylic acids is 1. The van der Waals surface area contributed by atoms with Gasteiger partial charge in [0.15, 0.2) is 0 Å². The minimum atomic E-state index is -0.799. The number of carbonyl (C=O) groups is 1. The largest absolute Gasteiger partial charge is 0.481 e. The van der Waals surface area contributed by atoms with Gasteiger partial charge in [0.25, 0.3) is 0 Å². The van der Waals surface area contributed by atoms with Gasteiger partial charge in [-0.1, -0.05) is 19.8 Å². The summed E-state index contributed by atoms with van der Waals surface area (Å²) in [6, 6.07) is 0. The summed E-state index contributed by atoms with van der Waals surface area (Å²) in [6.45, 7) is 4.67. The Labute approximate surface area is 73.5 Å². The average Bonchev–Trinajstić information content (AvgIpc) is 1.97. The molecule has 0 aliphatic rings. The maximum absolute atomic E-state index is 10.2. The monoisotopic (exact) mass is 171 g/mol. The molecule has 0 aromatic carbocycles. The number of aliphatic imine (C=N–C) groups is 1. The first kappa shape index (κ1) is 11.1. The van der Waals surface area contributed by atoms with Crippen molar-refractivity contribution >= 4 is 11.7 Å². The first-order valence-corrected chi connectivity index (χ1v) is 4.38. The van der Waals surface area contributed by atoms with Crippen molar-refractivity contribution in [2.24, 2.45) is 4.99 Å². The lowest BCUT2D eigenvalue weighted by Crippen LogP contribution is -2.03. The van der Waals surface area contributed by atoms with Gasteiger partial charge in [0.05, 0.1) is 6.42 Å². The molecule has 12 heavy (non-hydrogen) atoms. The summed E-state index contributed by atoms with van der Waals surface area (Å²) in [7, 11) is 0. The molecule has 0 bridgehead atoms. The first-order valence-electron chi connectivity index (χ1n) is 4.38. The molecule has 0 atom stereocenters. The summed E-state index contributed by atoms with van der Waals surface area (Å²) in [5.41, 5.74) is 0.721. The summed E-state index contributed by atoms with van der Waals surface area (Å²) >= 11 is 0. The molecule has 0 aliphatic heterocycles. The molecule has 0 heterocycles. The highest BCUT2D eigenvalue weighted by molar-refractivity contribution is 5.96. The lowest BCUT2D eigenvalue weighted by atomic mass is 10.2. The smallest absolute Gasteiger partial charge is 0.309 e. The van der Waals surface area contributed by atoms with Gasteiger partial charge in [-0.3, -0.25) is 9.79 Å². The van der Waals surface area contributed by atoms with Gasteiger partial charge in [-0.25, -0.2) is 0 Å². The van der Waals surface area contributed by atoms with Gasteiger partial charge in [0.1, 0.15) is 0 Å². The number of unbranched alkanes of at least 4 members (excludes halogenated alkanes) is 2. The molecule has 3 heteroatoms. The Morgan fingerprint density at radius 2 is 2.08 bits per heavy atom. The molecule has 0 radical (unpaired) electrons. The van der Waals surface area contributed by atoms with Crippen molar-refractivity contribution in [1.29, 1.82) is 0 Å². The molecule has 0 aromatic rings. The van der Waals surface area contributed by atoms with Gasteiger partial charge in [0.2, 0.25) is 0 Å². The van der Waals surface area contributed by atoms with E-state index in [1.807, 2.05) is 0 Å². The minimum absolute atomic E-state index is 0.0755.